The lowest BCUT2D eigenvalue weighted by molar-refractivity contribution is -0.0559. The van der Waals surface area contributed by atoms with Gasteiger partial charge in [0.25, 0.3) is 0 Å². The predicted molar refractivity (Wildman–Crippen MR) is 71.9 cm³/mol. The maximum absolute atomic E-state index is 6.08. The lowest BCUT2D eigenvalue weighted by Gasteiger charge is -2.51. The average molecular weight is 274 g/mol. The van der Waals surface area contributed by atoms with Gasteiger partial charge in [0.05, 0.1) is 5.02 Å². The van der Waals surface area contributed by atoms with Crippen LogP contribution in [0, 0.1) is 5.41 Å². The molecule has 1 aromatic rings. The SMILES string of the molecule is CCC1(C)C(N)CC1Oc1cc(Cl)ccc1Cl. The monoisotopic (exact) mass is 273 g/mol. The van der Waals surface area contributed by atoms with Crippen LogP contribution >= 0.6 is 23.2 Å². The van der Waals surface area contributed by atoms with E-state index in [1.807, 2.05) is 0 Å². The van der Waals surface area contributed by atoms with Crippen molar-refractivity contribution in [2.24, 2.45) is 11.1 Å². The highest BCUT2D eigenvalue weighted by atomic mass is 35.5. The quantitative estimate of drug-likeness (QED) is 0.907. The van der Waals surface area contributed by atoms with Gasteiger partial charge in [0.2, 0.25) is 0 Å². The van der Waals surface area contributed by atoms with Crippen LogP contribution in [0.1, 0.15) is 26.7 Å². The molecule has 0 aromatic heterocycles. The first kappa shape index (κ1) is 13.0. The van der Waals surface area contributed by atoms with Gasteiger partial charge in [-0.05, 0) is 18.6 Å². The summed E-state index contributed by atoms with van der Waals surface area (Å²) in [6.07, 6.45) is 1.99. The summed E-state index contributed by atoms with van der Waals surface area (Å²) in [6.45, 7) is 4.29. The topological polar surface area (TPSA) is 35.2 Å². The van der Waals surface area contributed by atoms with E-state index in [2.05, 4.69) is 13.8 Å². The number of ether oxygens (including phenoxy) is 1. The molecule has 2 rings (SSSR count). The molecular weight excluding hydrogens is 257 g/mol. The maximum atomic E-state index is 6.08. The molecule has 0 saturated heterocycles. The number of rotatable bonds is 3. The van der Waals surface area contributed by atoms with E-state index in [0.29, 0.717) is 15.8 Å². The van der Waals surface area contributed by atoms with Crippen molar-refractivity contribution in [2.45, 2.75) is 38.8 Å². The highest BCUT2D eigenvalue weighted by molar-refractivity contribution is 6.34. The zero-order chi connectivity index (χ0) is 12.6. The first-order valence-corrected chi connectivity index (χ1v) is 6.60. The second kappa shape index (κ2) is 4.68. The van der Waals surface area contributed by atoms with Crippen molar-refractivity contribution in [3.05, 3.63) is 28.2 Å². The first-order valence-electron chi connectivity index (χ1n) is 5.84. The minimum Gasteiger partial charge on any atom is -0.488 e. The van der Waals surface area contributed by atoms with Crippen LogP contribution in [0.5, 0.6) is 5.75 Å². The van der Waals surface area contributed by atoms with Gasteiger partial charge in [0.1, 0.15) is 11.9 Å². The third-order valence-corrected chi connectivity index (χ3v) is 4.52. The molecule has 0 heterocycles. The minimum absolute atomic E-state index is 0.0334. The Morgan fingerprint density at radius 1 is 1.47 bits per heavy atom. The van der Waals surface area contributed by atoms with Gasteiger partial charge >= 0.3 is 0 Å². The second-order valence-electron chi connectivity index (χ2n) is 4.88. The Hall–Kier alpha value is -0.440. The summed E-state index contributed by atoms with van der Waals surface area (Å²) in [5.41, 5.74) is 6.07. The van der Waals surface area contributed by atoms with E-state index in [4.69, 9.17) is 33.7 Å². The lowest BCUT2D eigenvalue weighted by Crippen LogP contribution is -2.61. The maximum Gasteiger partial charge on any atom is 0.139 e. The van der Waals surface area contributed by atoms with E-state index in [9.17, 15) is 0 Å². The standard InChI is InChI=1S/C13H17Cl2NO/c1-3-13(2)11(16)7-12(13)17-10-6-8(14)4-5-9(10)15/h4-6,11-12H,3,7,16H2,1-2H3. The Bertz CT molecular complexity index is 424. The van der Waals surface area contributed by atoms with Gasteiger partial charge in [0, 0.05) is 29.0 Å². The van der Waals surface area contributed by atoms with Crippen molar-refractivity contribution < 1.29 is 4.74 Å². The molecule has 1 saturated carbocycles. The second-order valence-corrected chi connectivity index (χ2v) is 5.73. The van der Waals surface area contributed by atoms with E-state index < -0.39 is 0 Å². The smallest absolute Gasteiger partial charge is 0.139 e. The number of benzene rings is 1. The van der Waals surface area contributed by atoms with Crippen molar-refractivity contribution in [3.63, 3.8) is 0 Å². The summed E-state index contributed by atoms with van der Waals surface area (Å²) in [4.78, 5) is 0. The number of nitrogens with two attached hydrogens (primary N) is 1. The molecule has 4 heteroatoms. The molecule has 0 amide bonds. The molecule has 1 fully saturated rings. The van der Waals surface area contributed by atoms with Gasteiger partial charge in [-0.25, -0.2) is 0 Å². The van der Waals surface area contributed by atoms with Crippen LogP contribution in [0.25, 0.3) is 0 Å². The van der Waals surface area contributed by atoms with Gasteiger partial charge in [0.15, 0.2) is 0 Å². The molecule has 3 atom stereocenters. The van der Waals surface area contributed by atoms with E-state index >= 15 is 0 Å². The summed E-state index contributed by atoms with van der Waals surface area (Å²) in [5, 5.41) is 1.22. The van der Waals surface area contributed by atoms with Crippen LogP contribution in [0.3, 0.4) is 0 Å². The van der Waals surface area contributed by atoms with Gasteiger partial charge in [-0.1, -0.05) is 37.0 Å². The summed E-state index contributed by atoms with van der Waals surface area (Å²) in [5.74, 6) is 0.649. The Morgan fingerprint density at radius 3 is 2.76 bits per heavy atom. The van der Waals surface area contributed by atoms with Crippen molar-refractivity contribution in [1.29, 1.82) is 0 Å². The summed E-state index contributed by atoms with van der Waals surface area (Å²) < 4.78 is 5.94. The van der Waals surface area contributed by atoms with E-state index in [1.165, 1.54) is 0 Å². The minimum atomic E-state index is 0.0334. The van der Waals surface area contributed by atoms with Crippen LogP contribution in [-0.4, -0.2) is 12.1 Å². The van der Waals surface area contributed by atoms with Crippen LogP contribution in [-0.2, 0) is 0 Å². The van der Waals surface area contributed by atoms with E-state index in [-0.39, 0.29) is 17.6 Å². The third-order valence-electron chi connectivity index (χ3n) is 3.97. The molecule has 0 bridgehead atoms. The zero-order valence-corrected chi connectivity index (χ0v) is 11.6. The van der Waals surface area contributed by atoms with Crippen molar-refractivity contribution in [3.8, 4) is 5.75 Å². The van der Waals surface area contributed by atoms with Crippen molar-refractivity contribution in [1.82, 2.24) is 0 Å². The Labute approximate surface area is 112 Å². The molecular formula is C13H17Cl2NO. The van der Waals surface area contributed by atoms with E-state index in [0.717, 1.165) is 12.8 Å². The van der Waals surface area contributed by atoms with Gasteiger partial charge in [-0.15, -0.1) is 0 Å². The normalized spacial score (nSPS) is 32.1. The molecule has 0 spiro atoms. The molecule has 1 aromatic carbocycles. The molecule has 94 valence electrons. The fourth-order valence-corrected chi connectivity index (χ4v) is 2.56. The molecule has 1 aliphatic rings. The number of hydrogen-bond acceptors (Lipinski definition) is 2. The van der Waals surface area contributed by atoms with Crippen LogP contribution in [0.15, 0.2) is 18.2 Å². The van der Waals surface area contributed by atoms with Crippen molar-refractivity contribution >= 4 is 23.2 Å². The summed E-state index contributed by atoms with van der Waals surface area (Å²) in [7, 11) is 0. The van der Waals surface area contributed by atoms with Gasteiger partial charge in [-0.2, -0.15) is 0 Å². The molecule has 3 unspecified atom stereocenters. The zero-order valence-electron chi connectivity index (χ0n) is 10.0. The predicted octanol–water partition coefficient (Wildman–Crippen LogP) is 3.89. The van der Waals surface area contributed by atoms with Crippen LogP contribution < -0.4 is 10.5 Å². The number of hydrogen-bond donors (Lipinski definition) is 1. The molecule has 2 N–H and O–H groups in total. The van der Waals surface area contributed by atoms with Crippen molar-refractivity contribution in [2.75, 3.05) is 0 Å². The van der Waals surface area contributed by atoms with E-state index in [1.54, 1.807) is 18.2 Å². The summed E-state index contributed by atoms with van der Waals surface area (Å²) >= 11 is 12.0. The average Bonchev–Trinajstić information content (AvgIpc) is 2.32. The van der Waals surface area contributed by atoms with Gasteiger partial charge < -0.3 is 10.5 Å². The molecule has 0 radical (unpaired) electrons. The highest BCUT2D eigenvalue weighted by Crippen LogP contribution is 2.45. The third kappa shape index (κ3) is 2.26. The van der Waals surface area contributed by atoms with Crippen LogP contribution in [0.2, 0.25) is 10.0 Å². The Kier molecular flexibility index (Phi) is 3.58. The lowest BCUT2D eigenvalue weighted by atomic mass is 9.62. The highest BCUT2D eigenvalue weighted by Gasteiger charge is 2.50. The molecule has 0 aliphatic heterocycles. The fourth-order valence-electron chi connectivity index (χ4n) is 2.24. The molecule has 1 aliphatic carbocycles. The summed E-state index contributed by atoms with van der Waals surface area (Å²) in [6, 6.07) is 5.46. The Balaban J connectivity index is 2.14. The molecule has 17 heavy (non-hydrogen) atoms. The Morgan fingerprint density at radius 2 is 2.18 bits per heavy atom. The number of halogens is 2. The van der Waals surface area contributed by atoms with Gasteiger partial charge in [-0.3, -0.25) is 0 Å². The first-order chi connectivity index (χ1) is 7.97. The largest absolute Gasteiger partial charge is 0.488 e. The molecule has 2 nitrogen and oxygen atoms in total. The fraction of sp³-hybridized carbons (Fsp3) is 0.538. The van der Waals surface area contributed by atoms with Crippen LogP contribution in [0.4, 0.5) is 0 Å².